The molecule has 0 saturated carbocycles. The Hall–Kier alpha value is -1.10. The Morgan fingerprint density at radius 3 is 2.11 bits per heavy atom. The zero-order valence-corrected chi connectivity index (χ0v) is 13.2. The normalized spacial score (nSPS) is 13.5. The summed E-state index contributed by atoms with van der Waals surface area (Å²) in [5.41, 5.74) is -0.509. The Morgan fingerprint density at radius 2 is 1.74 bits per heavy atom. The van der Waals surface area contributed by atoms with Gasteiger partial charge in [-0.15, -0.1) is 0 Å². The number of hydrogen-bond acceptors (Lipinski definition) is 4. The van der Waals surface area contributed by atoms with Gasteiger partial charge in [-0.2, -0.15) is 0 Å². The molecule has 1 unspecified atom stereocenters. The third kappa shape index (κ3) is 7.82. The SMILES string of the molecule is CCN(CC(=O)NC(C)C)C(C)C(=O)OC(C)(C)C. The molecule has 0 spiro atoms. The molecule has 0 aliphatic carbocycles. The van der Waals surface area contributed by atoms with Crippen molar-refractivity contribution in [2.45, 2.75) is 66.2 Å². The van der Waals surface area contributed by atoms with Crippen LogP contribution in [0.25, 0.3) is 0 Å². The van der Waals surface area contributed by atoms with E-state index in [4.69, 9.17) is 4.74 Å². The Kier molecular flexibility index (Phi) is 7.05. The summed E-state index contributed by atoms with van der Waals surface area (Å²) in [6, 6.07) is -0.329. The molecule has 0 fully saturated rings. The molecule has 1 atom stereocenters. The van der Waals surface area contributed by atoms with E-state index in [-0.39, 0.29) is 24.5 Å². The first-order valence-corrected chi connectivity index (χ1v) is 6.83. The van der Waals surface area contributed by atoms with Gasteiger partial charge in [0, 0.05) is 6.04 Å². The number of rotatable bonds is 6. The van der Waals surface area contributed by atoms with Crippen LogP contribution in [0.5, 0.6) is 0 Å². The Morgan fingerprint density at radius 1 is 1.21 bits per heavy atom. The Balaban J connectivity index is 4.51. The van der Waals surface area contributed by atoms with Gasteiger partial charge < -0.3 is 10.1 Å². The van der Waals surface area contributed by atoms with Crippen LogP contribution in [-0.4, -0.2) is 47.6 Å². The number of nitrogens with one attached hydrogen (secondary N) is 1. The van der Waals surface area contributed by atoms with Crippen LogP contribution in [-0.2, 0) is 14.3 Å². The van der Waals surface area contributed by atoms with Crippen LogP contribution in [0.3, 0.4) is 0 Å². The summed E-state index contributed by atoms with van der Waals surface area (Å²) in [7, 11) is 0. The van der Waals surface area contributed by atoms with Crippen LogP contribution in [0.4, 0.5) is 0 Å². The van der Waals surface area contributed by atoms with Crippen molar-refractivity contribution in [1.82, 2.24) is 10.2 Å². The van der Waals surface area contributed by atoms with E-state index >= 15 is 0 Å². The van der Waals surface area contributed by atoms with Crippen molar-refractivity contribution in [3.05, 3.63) is 0 Å². The lowest BCUT2D eigenvalue weighted by Crippen LogP contribution is -2.47. The molecule has 5 heteroatoms. The second kappa shape index (κ2) is 7.48. The van der Waals surface area contributed by atoms with Gasteiger partial charge in [-0.25, -0.2) is 0 Å². The highest BCUT2D eigenvalue weighted by atomic mass is 16.6. The van der Waals surface area contributed by atoms with E-state index in [1.807, 2.05) is 41.5 Å². The molecule has 112 valence electrons. The first kappa shape index (κ1) is 17.9. The van der Waals surface area contributed by atoms with Gasteiger partial charge in [0.1, 0.15) is 11.6 Å². The zero-order valence-electron chi connectivity index (χ0n) is 13.2. The van der Waals surface area contributed by atoms with Gasteiger partial charge >= 0.3 is 5.97 Å². The van der Waals surface area contributed by atoms with E-state index in [1.165, 1.54) is 0 Å². The van der Waals surface area contributed by atoms with Gasteiger partial charge in [0.25, 0.3) is 0 Å². The third-order valence-electron chi connectivity index (χ3n) is 2.50. The van der Waals surface area contributed by atoms with Gasteiger partial charge in [-0.1, -0.05) is 6.92 Å². The predicted octanol–water partition coefficient (Wildman–Crippen LogP) is 1.56. The van der Waals surface area contributed by atoms with E-state index in [9.17, 15) is 9.59 Å². The molecule has 0 heterocycles. The minimum Gasteiger partial charge on any atom is -0.459 e. The third-order valence-corrected chi connectivity index (χ3v) is 2.50. The van der Waals surface area contributed by atoms with E-state index in [0.717, 1.165) is 0 Å². The van der Waals surface area contributed by atoms with E-state index in [2.05, 4.69) is 5.32 Å². The molecule has 0 bridgehead atoms. The zero-order chi connectivity index (χ0) is 15.2. The summed E-state index contributed by atoms with van der Waals surface area (Å²) >= 11 is 0. The van der Waals surface area contributed by atoms with Crippen molar-refractivity contribution < 1.29 is 14.3 Å². The maximum Gasteiger partial charge on any atom is 0.323 e. The fourth-order valence-electron chi connectivity index (χ4n) is 1.61. The van der Waals surface area contributed by atoms with Crippen LogP contribution >= 0.6 is 0 Å². The number of amides is 1. The Bertz CT molecular complexity index is 308. The molecular weight excluding hydrogens is 244 g/mol. The summed E-state index contributed by atoms with van der Waals surface area (Å²) in [4.78, 5) is 25.5. The van der Waals surface area contributed by atoms with Gasteiger partial charge in [-0.05, 0) is 48.1 Å². The fourth-order valence-corrected chi connectivity index (χ4v) is 1.61. The molecule has 0 aromatic heterocycles. The average Bonchev–Trinajstić information content (AvgIpc) is 2.21. The maximum absolute atomic E-state index is 12.0. The maximum atomic E-state index is 12.0. The minimum absolute atomic E-state index is 0.0766. The average molecular weight is 272 g/mol. The van der Waals surface area contributed by atoms with Gasteiger partial charge in [0.15, 0.2) is 0 Å². The topological polar surface area (TPSA) is 58.6 Å². The first-order valence-electron chi connectivity index (χ1n) is 6.83. The van der Waals surface area contributed by atoms with Crippen molar-refractivity contribution in [3.63, 3.8) is 0 Å². The van der Waals surface area contributed by atoms with Crippen LogP contribution < -0.4 is 5.32 Å². The highest BCUT2D eigenvalue weighted by Crippen LogP contribution is 2.11. The summed E-state index contributed by atoms with van der Waals surface area (Å²) < 4.78 is 5.33. The smallest absolute Gasteiger partial charge is 0.323 e. The quantitative estimate of drug-likeness (QED) is 0.746. The highest BCUT2D eigenvalue weighted by molar-refractivity contribution is 5.80. The molecule has 0 radical (unpaired) electrons. The predicted molar refractivity (Wildman–Crippen MR) is 75.8 cm³/mol. The van der Waals surface area contributed by atoms with Crippen LogP contribution in [0.1, 0.15) is 48.5 Å². The van der Waals surface area contributed by atoms with Crippen molar-refractivity contribution in [2.75, 3.05) is 13.1 Å². The van der Waals surface area contributed by atoms with E-state index in [0.29, 0.717) is 6.54 Å². The highest BCUT2D eigenvalue weighted by Gasteiger charge is 2.27. The molecule has 0 aromatic carbocycles. The lowest BCUT2D eigenvalue weighted by Gasteiger charge is -2.29. The number of nitrogens with zero attached hydrogens (tertiary/aromatic N) is 1. The molecule has 0 aromatic rings. The van der Waals surface area contributed by atoms with Crippen molar-refractivity contribution in [1.29, 1.82) is 0 Å². The second-order valence-electron chi connectivity index (χ2n) is 5.99. The largest absolute Gasteiger partial charge is 0.459 e. The van der Waals surface area contributed by atoms with Gasteiger partial charge in [0.2, 0.25) is 5.91 Å². The number of carbonyl (C=O) groups excluding carboxylic acids is 2. The van der Waals surface area contributed by atoms with Crippen LogP contribution in [0.15, 0.2) is 0 Å². The number of ether oxygens (including phenoxy) is 1. The molecule has 5 nitrogen and oxygen atoms in total. The molecule has 0 aliphatic heterocycles. The molecular formula is C14H28N2O3. The van der Waals surface area contributed by atoms with Crippen molar-refractivity contribution in [3.8, 4) is 0 Å². The molecule has 1 N–H and O–H groups in total. The van der Waals surface area contributed by atoms with Crippen molar-refractivity contribution in [2.24, 2.45) is 0 Å². The summed E-state index contributed by atoms with van der Waals surface area (Å²) in [6.45, 7) is 13.8. The van der Waals surface area contributed by atoms with Crippen LogP contribution in [0, 0.1) is 0 Å². The molecule has 0 saturated heterocycles. The molecule has 1 amide bonds. The molecule has 0 rings (SSSR count). The summed E-state index contributed by atoms with van der Waals surface area (Å²) in [6.07, 6.45) is 0. The van der Waals surface area contributed by atoms with E-state index < -0.39 is 11.6 Å². The number of carbonyl (C=O) groups is 2. The van der Waals surface area contributed by atoms with Gasteiger partial charge in [0.05, 0.1) is 6.54 Å². The lowest BCUT2D eigenvalue weighted by molar-refractivity contribution is -0.160. The van der Waals surface area contributed by atoms with Crippen molar-refractivity contribution >= 4 is 11.9 Å². The lowest BCUT2D eigenvalue weighted by atomic mass is 10.2. The monoisotopic (exact) mass is 272 g/mol. The van der Waals surface area contributed by atoms with Gasteiger partial charge in [-0.3, -0.25) is 14.5 Å². The Labute approximate surface area is 116 Å². The summed E-state index contributed by atoms with van der Waals surface area (Å²) in [5, 5.41) is 2.82. The molecule has 19 heavy (non-hydrogen) atoms. The second-order valence-corrected chi connectivity index (χ2v) is 5.99. The first-order chi connectivity index (χ1) is 8.56. The number of hydrogen-bond donors (Lipinski definition) is 1. The van der Waals surface area contributed by atoms with Crippen LogP contribution in [0.2, 0.25) is 0 Å². The summed E-state index contributed by atoms with van der Waals surface area (Å²) in [5.74, 6) is -0.376. The number of esters is 1. The molecule has 0 aliphatic rings. The fraction of sp³-hybridized carbons (Fsp3) is 0.857. The van der Waals surface area contributed by atoms with E-state index in [1.54, 1.807) is 11.8 Å². The number of likely N-dealkylation sites (N-methyl/N-ethyl adjacent to an activating group) is 1. The minimum atomic E-state index is -0.509. The standard InChI is InChI=1S/C14H28N2O3/c1-8-16(9-12(17)15-10(2)3)11(4)13(18)19-14(5,6)7/h10-11H,8-9H2,1-7H3,(H,15,17).